The fraction of sp³-hybridized carbons (Fsp3) is 0.478. The van der Waals surface area contributed by atoms with Gasteiger partial charge in [-0.15, -0.1) is 0 Å². The van der Waals surface area contributed by atoms with Crippen LogP contribution in [0.15, 0.2) is 60.7 Å². The molecule has 0 radical (unpaired) electrons. The SMILES string of the molecule is CC(C)(C)[C@@H](O[Si](C)(C)C(C)(C)C)P(=O)(c1ccccc1)c1ccccc1. The number of rotatable bonds is 5. The first kappa shape index (κ1) is 22.1. The summed E-state index contributed by atoms with van der Waals surface area (Å²) in [6, 6.07) is 19.8. The van der Waals surface area contributed by atoms with Gasteiger partial charge in [0.1, 0.15) is 5.85 Å². The second-order valence-corrected chi connectivity index (χ2v) is 17.5. The van der Waals surface area contributed by atoms with E-state index in [-0.39, 0.29) is 16.3 Å². The summed E-state index contributed by atoms with van der Waals surface area (Å²) in [6.45, 7) is 17.6. The highest BCUT2D eigenvalue weighted by molar-refractivity contribution is 7.79. The van der Waals surface area contributed by atoms with Crippen LogP contribution in [0.5, 0.6) is 0 Å². The standard InChI is InChI=1S/C23H35O2PSi/c1-22(2,3)21(25-27(7,8)23(4,5)6)26(24,19-15-11-9-12-16-19)20-17-13-10-14-18-20/h9-18,21H,1-8H3/t21-/m0/s1. The molecule has 0 N–H and O–H groups in total. The fourth-order valence-electron chi connectivity index (χ4n) is 2.97. The van der Waals surface area contributed by atoms with Crippen molar-refractivity contribution in [3.8, 4) is 0 Å². The summed E-state index contributed by atoms with van der Waals surface area (Å²) in [5.41, 5.74) is -0.267. The predicted octanol–water partition coefficient (Wildman–Crippen LogP) is 6.39. The summed E-state index contributed by atoms with van der Waals surface area (Å²) in [5.74, 6) is -0.379. The van der Waals surface area contributed by atoms with Gasteiger partial charge in [-0.25, -0.2) is 0 Å². The smallest absolute Gasteiger partial charge is 0.193 e. The van der Waals surface area contributed by atoms with Crippen molar-refractivity contribution in [2.24, 2.45) is 5.41 Å². The summed E-state index contributed by atoms with van der Waals surface area (Å²) in [6.07, 6.45) is 0. The van der Waals surface area contributed by atoms with Gasteiger partial charge in [0.15, 0.2) is 15.5 Å². The predicted molar refractivity (Wildman–Crippen MR) is 121 cm³/mol. The second kappa shape index (κ2) is 7.70. The van der Waals surface area contributed by atoms with Crippen molar-refractivity contribution in [3.05, 3.63) is 60.7 Å². The normalized spacial score (nSPS) is 14.8. The molecule has 27 heavy (non-hydrogen) atoms. The zero-order valence-corrected chi connectivity index (χ0v) is 20.0. The van der Waals surface area contributed by atoms with Gasteiger partial charge in [-0.1, -0.05) is 102 Å². The van der Waals surface area contributed by atoms with Gasteiger partial charge in [0, 0.05) is 10.6 Å². The van der Waals surface area contributed by atoms with Crippen LogP contribution in [-0.4, -0.2) is 14.2 Å². The van der Waals surface area contributed by atoms with E-state index in [4.69, 9.17) is 4.43 Å². The minimum Gasteiger partial charge on any atom is -0.406 e. The summed E-state index contributed by atoms with van der Waals surface area (Å²) < 4.78 is 21.8. The van der Waals surface area contributed by atoms with Crippen LogP contribution in [0.1, 0.15) is 41.5 Å². The van der Waals surface area contributed by atoms with Crippen molar-refractivity contribution >= 4 is 26.1 Å². The largest absolute Gasteiger partial charge is 0.406 e. The minimum atomic E-state index is -3.01. The molecule has 0 amide bonds. The molecule has 0 aliphatic rings. The van der Waals surface area contributed by atoms with Crippen molar-refractivity contribution in [3.63, 3.8) is 0 Å². The Kier molecular flexibility index (Phi) is 6.31. The molecule has 2 aromatic rings. The zero-order chi connectivity index (χ0) is 20.5. The van der Waals surface area contributed by atoms with Crippen LogP contribution in [0.2, 0.25) is 18.1 Å². The molecule has 0 saturated carbocycles. The summed E-state index contributed by atoms with van der Waals surface area (Å²) in [5, 5.41) is 1.79. The highest BCUT2D eigenvalue weighted by atomic mass is 31.2. The monoisotopic (exact) mass is 402 g/mol. The summed E-state index contributed by atoms with van der Waals surface area (Å²) in [7, 11) is -5.13. The maximum atomic E-state index is 14.9. The van der Waals surface area contributed by atoms with Crippen LogP contribution in [0.25, 0.3) is 0 Å². The lowest BCUT2D eigenvalue weighted by atomic mass is 9.98. The molecule has 2 nitrogen and oxygen atoms in total. The van der Waals surface area contributed by atoms with Crippen LogP contribution >= 0.6 is 7.14 Å². The summed E-state index contributed by atoms with van der Waals surface area (Å²) in [4.78, 5) is 0. The van der Waals surface area contributed by atoms with Crippen molar-refractivity contribution in [2.45, 2.75) is 65.5 Å². The Hall–Kier alpha value is -1.15. The Bertz CT molecular complexity index is 743. The Morgan fingerprint density at radius 1 is 0.778 bits per heavy atom. The molecule has 0 saturated heterocycles. The van der Waals surface area contributed by atoms with E-state index in [0.717, 1.165) is 10.6 Å². The quantitative estimate of drug-likeness (QED) is 0.427. The molecule has 4 heteroatoms. The van der Waals surface area contributed by atoms with E-state index in [1.165, 1.54) is 0 Å². The third kappa shape index (κ3) is 4.64. The Balaban J connectivity index is 2.72. The molecule has 0 aromatic heterocycles. The molecule has 2 rings (SSSR count). The molecule has 0 spiro atoms. The Morgan fingerprint density at radius 2 is 1.15 bits per heavy atom. The maximum Gasteiger partial charge on any atom is 0.193 e. The van der Waals surface area contributed by atoms with Crippen molar-refractivity contribution in [1.29, 1.82) is 0 Å². The lowest BCUT2D eigenvalue weighted by Gasteiger charge is -2.46. The topological polar surface area (TPSA) is 26.3 Å². The summed E-state index contributed by atoms with van der Waals surface area (Å²) >= 11 is 0. The first-order chi connectivity index (χ1) is 12.3. The molecule has 0 aliphatic heterocycles. The molecule has 148 valence electrons. The van der Waals surface area contributed by atoms with Gasteiger partial charge in [-0.2, -0.15) is 0 Å². The van der Waals surface area contributed by atoms with Crippen molar-refractivity contribution < 1.29 is 8.99 Å². The first-order valence-corrected chi connectivity index (χ1v) is 14.4. The van der Waals surface area contributed by atoms with Gasteiger partial charge < -0.3 is 8.99 Å². The minimum absolute atomic E-state index is 0.0503. The van der Waals surface area contributed by atoms with Gasteiger partial charge in [0.25, 0.3) is 0 Å². The highest BCUT2D eigenvalue weighted by Crippen LogP contribution is 2.57. The van der Waals surface area contributed by atoms with Gasteiger partial charge in [-0.05, 0) is 23.5 Å². The van der Waals surface area contributed by atoms with Crippen LogP contribution in [0, 0.1) is 5.41 Å². The highest BCUT2D eigenvalue weighted by Gasteiger charge is 2.49. The molecule has 0 fully saturated rings. The van der Waals surface area contributed by atoms with E-state index < -0.39 is 15.5 Å². The molecule has 0 heterocycles. The van der Waals surface area contributed by atoms with E-state index in [2.05, 4.69) is 54.6 Å². The van der Waals surface area contributed by atoms with E-state index >= 15 is 0 Å². The third-order valence-electron chi connectivity index (χ3n) is 5.56. The number of hydrogen-bond donors (Lipinski definition) is 0. The molecule has 0 aliphatic carbocycles. The van der Waals surface area contributed by atoms with Gasteiger partial charge >= 0.3 is 0 Å². The molecule has 0 unspecified atom stereocenters. The average Bonchev–Trinajstić information content (AvgIpc) is 2.59. The lowest BCUT2D eigenvalue weighted by molar-refractivity contribution is 0.139. The van der Waals surface area contributed by atoms with E-state index in [0.29, 0.717) is 0 Å². The second-order valence-electron chi connectivity index (χ2n) is 9.93. The number of hydrogen-bond acceptors (Lipinski definition) is 2. The van der Waals surface area contributed by atoms with Gasteiger partial charge in [0.2, 0.25) is 0 Å². The average molecular weight is 403 g/mol. The van der Waals surface area contributed by atoms with Crippen LogP contribution in [0.3, 0.4) is 0 Å². The van der Waals surface area contributed by atoms with E-state index in [1.807, 2.05) is 60.7 Å². The van der Waals surface area contributed by atoms with Gasteiger partial charge in [0.05, 0.1) is 0 Å². The number of benzene rings is 2. The third-order valence-corrected chi connectivity index (χ3v) is 13.9. The van der Waals surface area contributed by atoms with Crippen LogP contribution in [-0.2, 0) is 8.99 Å². The molecular weight excluding hydrogens is 367 g/mol. The van der Waals surface area contributed by atoms with E-state index in [1.54, 1.807) is 0 Å². The van der Waals surface area contributed by atoms with E-state index in [9.17, 15) is 4.57 Å². The Morgan fingerprint density at radius 3 is 1.44 bits per heavy atom. The molecule has 0 bridgehead atoms. The molecule has 2 aromatic carbocycles. The Labute approximate surface area is 166 Å². The first-order valence-electron chi connectivity index (χ1n) is 9.69. The van der Waals surface area contributed by atoms with Crippen LogP contribution < -0.4 is 10.6 Å². The van der Waals surface area contributed by atoms with Crippen LogP contribution in [0.4, 0.5) is 0 Å². The van der Waals surface area contributed by atoms with Crippen molar-refractivity contribution in [1.82, 2.24) is 0 Å². The van der Waals surface area contributed by atoms with Gasteiger partial charge in [-0.3, -0.25) is 0 Å². The zero-order valence-electron chi connectivity index (χ0n) is 18.1. The molecule has 1 atom stereocenters. The lowest BCUT2D eigenvalue weighted by Crippen LogP contribution is -2.49. The maximum absolute atomic E-state index is 14.9. The molecular formula is C23H35O2PSi. The van der Waals surface area contributed by atoms with Crippen molar-refractivity contribution in [2.75, 3.05) is 0 Å². The fourth-order valence-corrected chi connectivity index (χ4v) is 8.78.